The molecule has 0 rings (SSSR count). The van der Waals surface area contributed by atoms with Crippen LogP contribution in [-0.4, -0.2) is 11.7 Å². The van der Waals surface area contributed by atoms with Gasteiger partial charge in [-0.25, -0.2) is 4.99 Å². The lowest BCUT2D eigenvalue weighted by Gasteiger charge is -1.83. The maximum absolute atomic E-state index is 5.40. The molecule has 0 aliphatic rings. The highest BCUT2D eigenvalue weighted by atomic mass is 35.5. The number of amidine groups is 1. The van der Waals surface area contributed by atoms with Crippen LogP contribution in [0.1, 0.15) is 0 Å². The molecule has 0 saturated heterocycles. The van der Waals surface area contributed by atoms with Crippen LogP contribution in [0.25, 0.3) is 0 Å². The van der Waals surface area contributed by atoms with Crippen molar-refractivity contribution in [1.82, 2.24) is 0 Å². The van der Waals surface area contributed by atoms with Crippen LogP contribution in [0.3, 0.4) is 0 Å². The summed E-state index contributed by atoms with van der Waals surface area (Å²) in [4.78, 5) is 2.54. The molecule has 2 nitrogen and oxygen atoms in total. The first-order chi connectivity index (χ1) is 4.20. The fraction of sp³-hybridized carbons (Fsp3) is 0.250. The number of hydrogen-bond donors (Lipinski definition) is 2. The summed E-state index contributed by atoms with van der Waals surface area (Å²) in [7, 11) is 0. The molecular weight excluding hydrogens is 218 g/mol. The van der Waals surface area contributed by atoms with Gasteiger partial charge >= 0.3 is 0 Å². The van der Waals surface area contributed by atoms with Gasteiger partial charge in [0.05, 0.1) is 5.54 Å². The first-order valence-corrected chi connectivity index (χ1v) is 3.45. The van der Waals surface area contributed by atoms with Gasteiger partial charge in [0.1, 0.15) is 5.88 Å². The number of nitrogens with two attached hydrogens (primary N) is 1. The van der Waals surface area contributed by atoms with Crippen LogP contribution < -0.4 is 23.1 Å². The molecule has 0 saturated carbocycles. The maximum Gasteiger partial charge on any atom is 0.261 e. The molecular formula is C4H6Cl4N2. The Kier molecular flexibility index (Phi) is 9.72. The second kappa shape index (κ2) is 7.48. The second-order valence-corrected chi connectivity index (χ2v) is 2.13. The number of halogens is 4. The highest BCUT2D eigenvalue weighted by Crippen LogP contribution is 1.88. The molecule has 0 spiro atoms. The lowest BCUT2D eigenvalue weighted by atomic mass is 10.7. The average Bonchev–Trinajstić information content (AvgIpc) is 1.87. The van der Waals surface area contributed by atoms with Crippen LogP contribution in [0.5, 0.6) is 0 Å². The van der Waals surface area contributed by atoms with Crippen molar-refractivity contribution in [1.29, 1.82) is 0 Å². The van der Waals surface area contributed by atoms with Crippen LogP contribution in [0.2, 0.25) is 0 Å². The topological polar surface area (TPSA) is 40.0 Å². The Morgan fingerprint density at radius 1 is 1.60 bits per heavy atom. The van der Waals surface area contributed by atoms with E-state index in [1.165, 1.54) is 5.54 Å². The van der Waals surface area contributed by atoms with Crippen molar-refractivity contribution in [3.8, 4) is 0 Å². The van der Waals surface area contributed by atoms with Gasteiger partial charge in [-0.15, -0.1) is 11.6 Å². The minimum atomic E-state index is 0. The molecule has 0 radical (unpaired) electrons. The number of alkyl halides is 1. The van der Waals surface area contributed by atoms with E-state index in [2.05, 4.69) is 4.99 Å². The third kappa shape index (κ3) is 6.49. The summed E-state index contributed by atoms with van der Waals surface area (Å²) >= 11 is 15.9. The highest BCUT2D eigenvalue weighted by Gasteiger charge is 1.95. The third-order valence-corrected chi connectivity index (χ3v) is 1.34. The molecule has 0 fully saturated rings. The monoisotopic (exact) mass is 222 g/mol. The van der Waals surface area contributed by atoms with Gasteiger partial charge in [0.25, 0.3) is 5.84 Å². The number of nitrogens with one attached hydrogen (secondary N) is 1. The quantitative estimate of drug-likeness (QED) is 0.222. The average molecular weight is 224 g/mol. The minimum absolute atomic E-state index is 0. The Hall–Kier alpha value is 0.370. The van der Waals surface area contributed by atoms with E-state index in [-0.39, 0.29) is 23.4 Å². The van der Waals surface area contributed by atoms with Crippen molar-refractivity contribution in [3.05, 3.63) is 10.7 Å². The lowest BCUT2D eigenvalue weighted by Crippen LogP contribution is -3.00. The summed E-state index contributed by atoms with van der Waals surface area (Å²) in [6.45, 7) is 0. The lowest BCUT2D eigenvalue weighted by molar-refractivity contribution is -0.384. The Bertz CT molecular complexity index is 142. The summed E-state index contributed by atoms with van der Waals surface area (Å²) in [6, 6.07) is 0. The molecule has 0 atom stereocenters. The molecule has 6 heteroatoms. The summed E-state index contributed by atoms with van der Waals surface area (Å²) in [5, 5.41) is 0.259. The zero-order valence-electron chi connectivity index (χ0n) is 4.87. The fourth-order valence-electron chi connectivity index (χ4n) is 0.214. The van der Waals surface area contributed by atoms with Gasteiger partial charge in [-0.05, 0) is 11.6 Å². The summed E-state index contributed by atoms with van der Waals surface area (Å²) in [5.41, 5.74) is 6.41. The van der Waals surface area contributed by atoms with Gasteiger partial charge in [-0.1, -0.05) is 11.6 Å². The van der Waals surface area contributed by atoms with Gasteiger partial charge in [0, 0.05) is 0 Å². The van der Waals surface area contributed by atoms with Gasteiger partial charge in [0.15, 0.2) is 0 Å². The SMILES string of the molecule is N/C(CCl)=[NH+]/C(Cl)=C\Cl.[Cl-]. The summed E-state index contributed by atoms with van der Waals surface area (Å²) in [6.07, 6.45) is 0. The van der Waals surface area contributed by atoms with Gasteiger partial charge < -0.3 is 12.4 Å². The molecule has 0 heterocycles. The van der Waals surface area contributed by atoms with E-state index in [0.717, 1.165) is 0 Å². The molecule has 0 unspecified atom stereocenters. The molecule has 0 aliphatic heterocycles. The van der Waals surface area contributed by atoms with E-state index < -0.39 is 0 Å². The zero-order valence-corrected chi connectivity index (χ0v) is 7.90. The Labute approximate surface area is 80.4 Å². The van der Waals surface area contributed by atoms with Crippen molar-refractivity contribution < 1.29 is 17.4 Å². The standard InChI is InChI=1S/C4H5Cl3N2.ClH/c5-1-3(7)9-4(8)2-6;/h1H,2H2,(H2,8,9);1H/b3-1-;. The van der Waals surface area contributed by atoms with E-state index in [1.807, 2.05) is 0 Å². The van der Waals surface area contributed by atoms with E-state index >= 15 is 0 Å². The normalized spacial score (nSPS) is 12.7. The molecule has 0 bridgehead atoms. The van der Waals surface area contributed by atoms with Crippen molar-refractivity contribution >= 4 is 40.6 Å². The van der Waals surface area contributed by atoms with Crippen LogP contribution in [0.4, 0.5) is 0 Å². The van der Waals surface area contributed by atoms with Crippen molar-refractivity contribution in [3.63, 3.8) is 0 Å². The van der Waals surface area contributed by atoms with Crippen LogP contribution in [0.15, 0.2) is 10.7 Å². The van der Waals surface area contributed by atoms with Gasteiger partial charge in [0.2, 0.25) is 5.16 Å². The van der Waals surface area contributed by atoms with Crippen molar-refractivity contribution in [2.24, 2.45) is 5.73 Å². The Balaban J connectivity index is 0. The minimum Gasteiger partial charge on any atom is -1.00 e. The molecule has 0 aromatic heterocycles. The zero-order chi connectivity index (χ0) is 7.28. The first kappa shape index (κ1) is 13.0. The summed E-state index contributed by atoms with van der Waals surface area (Å²) in [5.74, 6) is 0.583. The van der Waals surface area contributed by atoms with Crippen LogP contribution in [0, 0.1) is 0 Å². The molecule has 10 heavy (non-hydrogen) atoms. The van der Waals surface area contributed by atoms with Gasteiger partial charge in [-0.3, -0.25) is 5.73 Å². The van der Waals surface area contributed by atoms with Crippen molar-refractivity contribution in [2.75, 3.05) is 5.88 Å². The molecule has 0 aromatic carbocycles. The first-order valence-electron chi connectivity index (χ1n) is 2.11. The number of hydrogen-bond acceptors (Lipinski definition) is 0. The van der Waals surface area contributed by atoms with E-state index in [4.69, 9.17) is 40.5 Å². The molecule has 0 amide bonds. The van der Waals surface area contributed by atoms with Crippen LogP contribution >= 0.6 is 34.8 Å². The fourth-order valence-corrected chi connectivity index (χ4v) is 0.457. The third-order valence-electron chi connectivity index (χ3n) is 0.520. The molecule has 3 N–H and O–H groups in total. The molecule has 0 aliphatic carbocycles. The van der Waals surface area contributed by atoms with E-state index in [1.54, 1.807) is 0 Å². The van der Waals surface area contributed by atoms with Crippen molar-refractivity contribution in [2.45, 2.75) is 0 Å². The molecule has 0 aromatic rings. The predicted molar refractivity (Wildman–Crippen MR) is 40.7 cm³/mol. The van der Waals surface area contributed by atoms with E-state index in [0.29, 0.717) is 5.84 Å². The Morgan fingerprint density at radius 3 is 2.40 bits per heavy atom. The van der Waals surface area contributed by atoms with E-state index in [9.17, 15) is 0 Å². The largest absolute Gasteiger partial charge is 1.00 e. The van der Waals surface area contributed by atoms with Crippen LogP contribution in [-0.2, 0) is 0 Å². The second-order valence-electron chi connectivity index (χ2n) is 1.24. The van der Waals surface area contributed by atoms with Gasteiger partial charge in [-0.2, -0.15) is 0 Å². The molecule has 60 valence electrons. The highest BCUT2D eigenvalue weighted by molar-refractivity contribution is 6.35. The number of rotatable bonds is 2. The smallest absolute Gasteiger partial charge is 0.261 e. The Morgan fingerprint density at radius 2 is 2.10 bits per heavy atom. The maximum atomic E-state index is 5.40. The summed E-state index contributed by atoms with van der Waals surface area (Å²) < 4.78 is 0. The predicted octanol–water partition coefficient (Wildman–Crippen LogP) is -3.06.